The highest BCUT2D eigenvalue weighted by molar-refractivity contribution is 4.91. The average molecular weight is 292 g/mol. The summed E-state index contributed by atoms with van der Waals surface area (Å²) >= 11 is 0. The van der Waals surface area contributed by atoms with Gasteiger partial charge in [-0.2, -0.15) is 0 Å². The summed E-state index contributed by atoms with van der Waals surface area (Å²) in [7, 11) is 0. The molecule has 120 valence electrons. The zero-order valence-corrected chi connectivity index (χ0v) is 13.9. The van der Waals surface area contributed by atoms with Crippen molar-refractivity contribution in [3.63, 3.8) is 0 Å². The van der Waals surface area contributed by atoms with E-state index in [1.807, 2.05) is 0 Å². The van der Waals surface area contributed by atoms with Crippen LogP contribution in [-0.4, -0.2) is 12.2 Å². The summed E-state index contributed by atoms with van der Waals surface area (Å²) in [6.07, 6.45) is 14.0. The van der Waals surface area contributed by atoms with E-state index in [4.69, 9.17) is 9.47 Å². The van der Waals surface area contributed by atoms with Gasteiger partial charge in [0.1, 0.15) is 0 Å². The van der Waals surface area contributed by atoms with Crippen LogP contribution in [0.1, 0.15) is 65.2 Å². The van der Waals surface area contributed by atoms with Gasteiger partial charge < -0.3 is 9.47 Å². The first-order chi connectivity index (χ1) is 10.1. The van der Waals surface area contributed by atoms with Crippen molar-refractivity contribution in [1.82, 2.24) is 0 Å². The summed E-state index contributed by atoms with van der Waals surface area (Å²) in [6.45, 7) is 12.3. The van der Waals surface area contributed by atoms with Crippen LogP contribution in [0, 0.1) is 17.3 Å². The molecule has 0 aromatic rings. The number of hydrogen-bond donors (Lipinski definition) is 0. The third-order valence-corrected chi connectivity index (χ3v) is 6.03. The van der Waals surface area contributed by atoms with E-state index in [9.17, 15) is 0 Å². The quantitative estimate of drug-likeness (QED) is 0.606. The van der Waals surface area contributed by atoms with E-state index in [1.54, 1.807) is 12.5 Å². The molecular weight excluding hydrogens is 260 g/mol. The predicted molar refractivity (Wildman–Crippen MR) is 87.8 cm³/mol. The van der Waals surface area contributed by atoms with Crippen LogP contribution >= 0.6 is 0 Å². The molecule has 2 fully saturated rings. The smallest absolute Gasteiger partial charge is 0.0978 e. The summed E-state index contributed by atoms with van der Waals surface area (Å²) in [5.41, 5.74) is 0.443. The Morgan fingerprint density at radius 3 is 1.33 bits per heavy atom. The van der Waals surface area contributed by atoms with Crippen molar-refractivity contribution in [3.05, 3.63) is 25.7 Å². The highest BCUT2D eigenvalue weighted by Crippen LogP contribution is 2.48. The maximum absolute atomic E-state index is 5.57. The average Bonchev–Trinajstić information content (AvgIpc) is 2.49. The van der Waals surface area contributed by atoms with Crippen LogP contribution in [0.5, 0.6) is 0 Å². The first-order valence-electron chi connectivity index (χ1n) is 8.60. The van der Waals surface area contributed by atoms with Gasteiger partial charge in [-0.25, -0.2) is 0 Å². The van der Waals surface area contributed by atoms with Gasteiger partial charge in [-0.1, -0.05) is 27.0 Å². The molecule has 2 rings (SSSR count). The summed E-state index contributed by atoms with van der Waals surface area (Å²) in [6, 6.07) is 0. The third-order valence-electron chi connectivity index (χ3n) is 6.03. The molecule has 2 heteroatoms. The van der Waals surface area contributed by atoms with E-state index in [0.717, 1.165) is 11.8 Å². The maximum atomic E-state index is 5.57. The van der Waals surface area contributed by atoms with Crippen LogP contribution in [0.25, 0.3) is 0 Å². The fourth-order valence-electron chi connectivity index (χ4n) is 4.49. The summed E-state index contributed by atoms with van der Waals surface area (Å²) < 4.78 is 11.1. The van der Waals surface area contributed by atoms with Gasteiger partial charge >= 0.3 is 0 Å². The number of rotatable bonds is 6. The molecule has 0 N–H and O–H groups in total. The second-order valence-electron chi connectivity index (χ2n) is 7.37. The van der Waals surface area contributed by atoms with E-state index in [1.165, 1.54) is 51.4 Å². The van der Waals surface area contributed by atoms with Gasteiger partial charge in [0.2, 0.25) is 0 Å². The lowest BCUT2D eigenvalue weighted by Gasteiger charge is -2.46. The Bertz CT molecular complexity index is 299. The standard InChI is InChI=1S/C19H32O2/c1-5-20-17-11-7-15(8-12-17)19(3,4)16-9-13-18(14-10-16)21-6-2/h5-6,15-18H,1-2,7-14H2,3-4H3. The Morgan fingerprint density at radius 2 is 1.05 bits per heavy atom. The Labute approximate surface area is 130 Å². The summed E-state index contributed by atoms with van der Waals surface area (Å²) in [4.78, 5) is 0. The lowest BCUT2D eigenvalue weighted by molar-refractivity contribution is -0.00352. The van der Waals surface area contributed by atoms with Gasteiger partial charge in [-0.3, -0.25) is 0 Å². The van der Waals surface area contributed by atoms with Gasteiger partial charge in [0, 0.05) is 0 Å². The van der Waals surface area contributed by atoms with Crippen molar-refractivity contribution in [3.8, 4) is 0 Å². The molecule has 0 spiro atoms. The van der Waals surface area contributed by atoms with Crippen molar-refractivity contribution >= 4 is 0 Å². The third kappa shape index (κ3) is 4.05. The highest BCUT2D eigenvalue weighted by Gasteiger charge is 2.40. The van der Waals surface area contributed by atoms with E-state index in [0.29, 0.717) is 17.6 Å². The van der Waals surface area contributed by atoms with Crippen LogP contribution < -0.4 is 0 Å². The molecule has 0 amide bonds. The Balaban J connectivity index is 1.84. The van der Waals surface area contributed by atoms with Crippen LogP contribution in [-0.2, 0) is 9.47 Å². The van der Waals surface area contributed by atoms with E-state index < -0.39 is 0 Å². The van der Waals surface area contributed by atoms with Crippen molar-refractivity contribution in [2.45, 2.75) is 77.4 Å². The SMILES string of the molecule is C=COC1CCC(C(C)(C)C2CCC(OC=C)CC2)CC1. The van der Waals surface area contributed by atoms with Crippen molar-refractivity contribution in [1.29, 1.82) is 0 Å². The normalized spacial score (nSPS) is 34.0. The molecule has 2 saturated carbocycles. The molecule has 2 nitrogen and oxygen atoms in total. The lowest BCUT2D eigenvalue weighted by Crippen LogP contribution is -2.38. The number of hydrogen-bond acceptors (Lipinski definition) is 2. The molecule has 0 heterocycles. The zero-order chi connectivity index (χ0) is 15.3. The zero-order valence-electron chi connectivity index (χ0n) is 13.9. The van der Waals surface area contributed by atoms with Crippen LogP contribution in [0.3, 0.4) is 0 Å². The van der Waals surface area contributed by atoms with Crippen LogP contribution in [0.4, 0.5) is 0 Å². The minimum atomic E-state index is 0.409. The van der Waals surface area contributed by atoms with Crippen molar-refractivity contribution in [2.75, 3.05) is 0 Å². The maximum Gasteiger partial charge on any atom is 0.0978 e. The van der Waals surface area contributed by atoms with Crippen molar-refractivity contribution in [2.24, 2.45) is 17.3 Å². The van der Waals surface area contributed by atoms with Gasteiger partial charge in [-0.05, 0) is 68.6 Å². The second kappa shape index (κ2) is 7.38. The fourth-order valence-corrected chi connectivity index (χ4v) is 4.49. The lowest BCUT2D eigenvalue weighted by atomic mass is 9.60. The molecule has 0 atom stereocenters. The summed E-state index contributed by atoms with van der Waals surface area (Å²) in [5, 5.41) is 0. The molecular formula is C19H32O2. The molecule has 2 aliphatic carbocycles. The minimum absolute atomic E-state index is 0.409. The van der Waals surface area contributed by atoms with Gasteiger partial charge in [0.15, 0.2) is 0 Å². The van der Waals surface area contributed by atoms with E-state index >= 15 is 0 Å². The Hall–Kier alpha value is -0.920. The molecule has 0 unspecified atom stereocenters. The fraction of sp³-hybridized carbons (Fsp3) is 0.789. The van der Waals surface area contributed by atoms with Gasteiger partial charge in [0.05, 0.1) is 24.7 Å². The first kappa shape index (κ1) is 16.5. The molecule has 0 saturated heterocycles. The van der Waals surface area contributed by atoms with Crippen LogP contribution in [0.15, 0.2) is 25.7 Å². The second-order valence-corrected chi connectivity index (χ2v) is 7.37. The number of ether oxygens (including phenoxy) is 2. The minimum Gasteiger partial charge on any atom is -0.499 e. The Kier molecular flexibility index (Phi) is 5.78. The summed E-state index contributed by atoms with van der Waals surface area (Å²) in [5.74, 6) is 1.67. The van der Waals surface area contributed by atoms with E-state index in [2.05, 4.69) is 27.0 Å². The molecule has 0 aromatic carbocycles. The first-order valence-corrected chi connectivity index (χ1v) is 8.60. The molecule has 21 heavy (non-hydrogen) atoms. The van der Waals surface area contributed by atoms with Gasteiger partial charge in [-0.15, -0.1) is 0 Å². The highest BCUT2D eigenvalue weighted by atomic mass is 16.5. The van der Waals surface area contributed by atoms with Crippen LogP contribution in [0.2, 0.25) is 0 Å². The molecule has 0 radical (unpaired) electrons. The van der Waals surface area contributed by atoms with Crippen molar-refractivity contribution < 1.29 is 9.47 Å². The van der Waals surface area contributed by atoms with Gasteiger partial charge in [0.25, 0.3) is 0 Å². The van der Waals surface area contributed by atoms with E-state index in [-0.39, 0.29) is 0 Å². The molecule has 0 aliphatic heterocycles. The molecule has 2 aliphatic rings. The Morgan fingerprint density at radius 1 is 0.714 bits per heavy atom. The molecule has 0 aromatic heterocycles. The monoisotopic (exact) mass is 292 g/mol. The molecule has 0 bridgehead atoms. The largest absolute Gasteiger partial charge is 0.499 e. The predicted octanol–water partition coefficient (Wildman–Crippen LogP) is 5.45. The topological polar surface area (TPSA) is 18.5 Å².